The van der Waals surface area contributed by atoms with Crippen LogP contribution >= 0.6 is 15.9 Å². The van der Waals surface area contributed by atoms with E-state index in [0.717, 1.165) is 5.39 Å². The summed E-state index contributed by atoms with van der Waals surface area (Å²) in [4.78, 5) is 15.7. The van der Waals surface area contributed by atoms with E-state index < -0.39 is 0 Å². The van der Waals surface area contributed by atoms with Gasteiger partial charge in [-0.1, -0.05) is 0 Å². The normalized spacial score (nSPS) is 10.1. The van der Waals surface area contributed by atoms with Gasteiger partial charge in [-0.3, -0.25) is 9.36 Å². The molecule has 0 N–H and O–H groups in total. The SMILES string of the molecule is N#CCn1c(=O)ccc2ccc(Br)nc21. The molecule has 0 aromatic carbocycles. The molecule has 0 aliphatic rings. The fraction of sp³-hybridized carbons (Fsp3) is 0.100. The fourth-order valence-electron chi connectivity index (χ4n) is 1.36. The van der Waals surface area contributed by atoms with E-state index in [-0.39, 0.29) is 12.1 Å². The molecule has 15 heavy (non-hydrogen) atoms. The molecule has 0 bridgehead atoms. The standard InChI is InChI=1S/C10H6BrN3O/c11-8-3-1-7-2-4-9(15)14(6-5-12)10(7)13-8/h1-4H,6H2. The van der Waals surface area contributed by atoms with Gasteiger partial charge in [0.2, 0.25) is 0 Å². The summed E-state index contributed by atoms with van der Waals surface area (Å²) in [5, 5.41) is 9.46. The van der Waals surface area contributed by atoms with Gasteiger partial charge in [-0.05, 0) is 34.1 Å². The number of pyridine rings is 2. The van der Waals surface area contributed by atoms with Crippen molar-refractivity contribution >= 4 is 27.0 Å². The summed E-state index contributed by atoms with van der Waals surface area (Å²) >= 11 is 3.23. The zero-order valence-electron chi connectivity index (χ0n) is 7.64. The summed E-state index contributed by atoms with van der Waals surface area (Å²) in [6.07, 6.45) is 0. The average molecular weight is 264 g/mol. The molecule has 0 aliphatic carbocycles. The first-order valence-electron chi connectivity index (χ1n) is 4.25. The van der Waals surface area contributed by atoms with Crippen LogP contribution in [0.1, 0.15) is 0 Å². The predicted molar refractivity (Wildman–Crippen MR) is 59.3 cm³/mol. The average Bonchev–Trinajstić information content (AvgIpc) is 2.23. The molecule has 2 rings (SSSR count). The van der Waals surface area contributed by atoms with Crippen molar-refractivity contribution < 1.29 is 0 Å². The minimum Gasteiger partial charge on any atom is -0.279 e. The van der Waals surface area contributed by atoms with Crippen LogP contribution in [0.4, 0.5) is 0 Å². The molecule has 0 atom stereocenters. The predicted octanol–water partition coefficient (Wildman–Crippen LogP) is 1.68. The van der Waals surface area contributed by atoms with Crippen molar-refractivity contribution in [1.29, 1.82) is 5.26 Å². The van der Waals surface area contributed by atoms with Gasteiger partial charge in [0.05, 0.1) is 6.07 Å². The first kappa shape index (κ1) is 9.87. The van der Waals surface area contributed by atoms with Crippen LogP contribution in [-0.4, -0.2) is 9.55 Å². The summed E-state index contributed by atoms with van der Waals surface area (Å²) in [5.41, 5.74) is 0.313. The number of hydrogen-bond acceptors (Lipinski definition) is 3. The highest BCUT2D eigenvalue weighted by molar-refractivity contribution is 9.10. The smallest absolute Gasteiger partial charge is 0.253 e. The van der Waals surface area contributed by atoms with E-state index in [4.69, 9.17) is 5.26 Å². The van der Waals surface area contributed by atoms with Gasteiger partial charge in [0.25, 0.3) is 5.56 Å². The Labute approximate surface area is 93.9 Å². The Bertz CT molecular complexity index is 612. The minimum absolute atomic E-state index is 0.0135. The van der Waals surface area contributed by atoms with Crippen molar-refractivity contribution in [3.63, 3.8) is 0 Å². The highest BCUT2D eigenvalue weighted by Crippen LogP contribution is 2.13. The van der Waals surface area contributed by atoms with Crippen molar-refractivity contribution in [2.45, 2.75) is 6.54 Å². The second-order valence-electron chi connectivity index (χ2n) is 2.96. The molecular formula is C10H6BrN3O. The van der Waals surface area contributed by atoms with Gasteiger partial charge in [-0.2, -0.15) is 5.26 Å². The van der Waals surface area contributed by atoms with Gasteiger partial charge in [0, 0.05) is 11.5 Å². The summed E-state index contributed by atoms with van der Waals surface area (Å²) in [7, 11) is 0. The molecule has 0 fully saturated rings. The van der Waals surface area contributed by atoms with E-state index in [2.05, 4.69) is 20.9 Å². The number of aromatic nitrogens is 2. The van der Waals surface area contributed by atoms with Crippen molar-refractivity contribution in [3.05, 3.63) is 39.2 Å². The quantitative estimate of drug-likeness (QED) is 0.736. The first-order valence-corrected chi connectivity index (χ1v) is 5.05. The van der Waals surface area contributed by atoms with Crippen LogP contribution in [0.5, 0.6) is 0 Å². The molecule has 0 radical (unpaired) electrons. The van der Waals surface area contributed by atoms with Gasteiger partial charge in [0.15, 0.2) is 0 Å². The van der Waals surface area contributed by atoms with Crippen LogP contribution in [0.3, 0.4) is 0 Å². The Morgan fingerprint density at radius 3 is 2.87 bits per heavy atom. The minimum atomic E-state index is -0.213. The Hall–Kier alpha value is -1.67. The Morgan fingerprint density at radius 1 is 1.40 bits per heavy atom. The Balaban J connectivity index is 2.85. The molecule has 0 unspecified atom stereocenters. The van der Waals surface area contributed by atoms with Crippen LogP contribution in [-0.2, 0) is 6.54 Å². The molecule has 4 nitrogen and oxygen atoms in total. The van der Waals surface area contributed by atoms with Crippen molar-refractivity contribution in [1.82, 2.24) is 9.55 Å². The van der Waals surface area contributed by atoms with Gasteiger partial charge in [-0.15, -0.1) is 0 Å². The van der Waals surface area contributed by atoms with E-state index in [0.29, 0.717) is 10.3 Å². The van der Waals surface area contributed by atoms with Crippen LogP contribution < -0.4 is 5.56 Å². The van der Waals surface area contributed by atoms with Crippen LogP contribution in [0.2, 0.25) is 0 Å². The summed E-state index contributed by atoms with van der Waals surface area (Å²) in [6.45, 7) is 0.0135. The molecule has 0 aliphatic heterocycles. The van der Waals surface area contributed by atoms with Gasteiger partial charge in [0.1, 0.15) is 16.8 Å². The van der Waals surface area contributed by atoms with Gasteiger partial charge in [-0.25, -0.2) is 4.98 Å². The largest absolute Gasteiger partial charge is 0.279 e. The van der Waals surface area contributed by atoms with Crippen molar-refractivity contribution in [2.24, 2.45) is 0 Å². The molecule has 0 saturated carbocycles. The molecule has 0 saturated heterocycles. The second-order valence-corrected chi connectivity index (χ2v) is 3.78. The first-order chi connectivity index (χ1) is 7.22. The van der Waals surface area contributed by atoms with Crippen molar-refractivity contribution in [2.75, 3.05) is 0 Å². The number of rotatable bonds is 1. The zero-order chi connectivity index (χ0) is 10.8. The lowest BCUT2D eigenvalue weighted by atomic mass is 10.3. The summed E-state index contributed by atoms with van der Waals surface area (Å²) in [5.74, 6) is 0. The molecule has 2 aromatic rings. The van der Waals surface area contributed by atoms with Gasteiger partial charge >= 0.3 is 0 Å². The maximum absolute atomic E-state index is 11.5. The van der Waals surface area contributed by atoms with Crippen molar-refractivity contribution in [3.8, 4) is 6.07 Å². The fourth-order valence-corrected chi connectivity index (χ4v) is 1.66. The Kier molecular flexibility index (Phi) is 2.52. The molecule has 0 spiro atoms. The lowest BCUT2D eigenvalue weighted by Gasteiger charge is -2.04. The van der Waals surface area contributed by atoms with E-state index in [1.54, 1.807) is 12.1 Å². The number of nitrogens with zero attached hydrogens (tertiary/aromatic N) is 3. The third kappa shape index (κ3) is 1.76. The van der Waals surface area contributed by atoms with Crippen LogP contribution in [0.15, 0.2) is 33.7 Å². The lowest BCUT2D eigenvalue weighted by molar-refractivity contribution is 0.812. The number of fused-ring (bicyclic) bond motifs is 1. The monoisotopic (exact) mass is 263 g/mol. The molecule has 2 aromatic heterocycles. The summed E-state index contributed by atoms with van der Waals surface area (Å²) < 4.78 is 1.99. The molecule has 2 heterocycles. The Morgan fingerprint density at radius 2 is 2.13 bits per heavy atom. The number of halogens is 1. The molecular weight excluding hydrogens is 258 g/mol. The zero-order valence-corrected chi connectivity index (χ0v) is 9.23. The van der Waals surface area contributed by atoms with E-state index in [9.17, 15) is 4.79 Å². The topological polar surface area (TPSA) is 58.7 Å². The molecule has 74 valence electrons. The second kappa shape index (κ2) is 3.83. The van der Waals surface area contributed by atoms with E-state index in [1.807, 2.05) is 12.1 Å². The maximum Gasteiger partial charge on any atom is 0.253 e. The highest BCUT2D eigenvalue weighted by atomic mass is 79.9. The highest BCUT2D eigenvalue weighted by Gasteiger charge is 2.03. The van der Waals surface area contributed by atoms with Crippen LogP contribution in [0, 0.1) is 11.3 Å². The van der Waals surface area contributed by atoms with Crippen LogP contribution in [0.25, 0.3) is 11.0 Å². The van der Waals surface area contributed by atoms with E-state index >= 15 is 0 Å². The summed E-state index contributed by atoms with van der Waals surface area (Å²) in [6, 6.07) is 8.73. The lowest BCUT2D eigenvalue weighted by Crippen LogP contribution is -2.19. The van der Waals surface area contributed by atoms with E-state index in [1.165, 1.54) is 10.6 Å². The molecule has 0 amide bonds. The third-order valence-corrected chi connectivity index (χ3v) is 2.47. The number of nitriles is 1. The number of hydrogen-bond donors (Lipinski definition) is 0. The van der Waals surface area contributed by atoms with Gasteiger partial charge < -0.3 is 0 Å². The molecule has 5 heteroatoms. The maximum atomic E-state index is 11.5. The third-order valence-electron chi connectivity index (χ3n) is 2.03.